The Hall–Kier alpha value is -0.520. The molecule has 1 N–H and O–H groups in total. The molecule has 0 aliphatic heterocycles. The molecule has 0 fully saturated rings. The number of rotatable bonds is 49. The van der Waals surface area contributed by atoms with Crippen molar-refractivity contribution >= 4 is 0 Å². The number of ether oxygens (including phenoxy) is 12. The number of hydrogen-bond acceptors (Lipinski definition) is 13. The molecule has 0 saturated carbocycles. The fraction of sp³-hybridized carbons (Fsp3) is 1.00. The second-order valence-electron chi connectivity index (χ2n) is 12.3. The van der Waals surface area contributed by atoms with Gasteiger partial charge in [0.25, 0.3) is 0 Å². The van der Waals surface area contributed by atoms with Crippen LogP contribution in [0.5, 0.6) is 0 Å². The van der Waals surface area contributed by atoms with Crippen LogP contribution in [0, 0.1) is 0 Å². The van der Waals surface area contributed by atoms with Crippen LogP contribution in [0.3, 0.4) is 0 Å². The Morgan fingerprint density at radius 3 is 0.673 bits per heavy atom. The van der Waals surface area contributed by atoms with E-state index in [4.69, 9.17) is 61.9 Å². The van der Waals surface area contributed by atoms with Crippen molar-refractivity contribution in [3.05, 3.63) is 0 Å². The van der Waals surface area contributed by atoms with E-state index >= 15 is 0 Å². The van der Waals surface area contributed by atoms with Crippen molar-refractivity contribution in [2.75, 3.05) is 165 Å². The topological polar surface area (TPSA) is 131 Å². The van der Waals surface area contributed by atoms with E-state index in [0.717, 1.165) is 19.4 Å². The average molecular weight is 757 g/mol. The fourth-order valence-corrected chi connectivity index (χ4v) is 4.70. The summed E-state index contributed by atoms with van der Waals surface area (Å²) in [4.78, 5) is 0. The number of unbranched alkanes of at least 4 members (excludes halogenated alkanes) is 10. The van der Waals surface area contributed by atoms with Gasteiger partial charge in [0, 0.05) is 33.0 Å². The first-order valence-electron chi connectivity index (χ1n) is 20.5. The second-order valence-corrected chi connectivity index (χ2v) is 12.3. The van der Waals surface area contributed by atoms with Crippen LogP contribution in [0.2, 0.25) is 0 Å². The van der Waals surface area contributed by atoms with Crippen molar-refractivity contribution in [2.45, 2.75) is 90.4 Å². The third-order valence-electron chi connectivity index (χ3n) is 7.64. The van der Waals surface area contributed by atoms with Gasteiger partial charge in [-0.05, 0) is 19.3 Å². The van der Waals surface area contributed by atoms with Crippen LogP contribution in [0.4, 0.5) is 0 Å². The Labute approximate surface area is 317 Å². The molecular formula is C39H80O13. The van der Waals surface area contributed by atoms with E-state index in [9.17, 15) is 0 Å². The zero-order chi connectivity index (χ0) is 37.4. The molecule has 0 radical (unpaired) electrons. The van der Waals surface area contributed by atoms with Gasteiger partial charge in [-0.25, -0.2) is 0 Å². The summed E-state index contributed by atoms with van der Waals surface area (Å²) < 4.78 is 66.0. The first-order valence-corrected chi connectivity index (χ1v) is 20.5. The third kappa shape index (κ3) is 49.5. The van der Waals surface area contributed by atoms with Crippen LogP contribution in [0.15, 0.2) is 0 Å². The lowest BCUT2D eigenvalue weighted by atomic mass is 10.1. The maximum Gasteiger partial charge on any atom is 0.0701 e. The summed E-state index contributed by atoms with van der Waals surface area (Å²) in [6, 6.07) is 0. The molecule has 13 heteroatoms. The van der Waals surface area contributed by atoms with Gasteiger partial charge in [0.1, 0.15) is 0 Å². The molecule has 0 aromatic heterocycles. The van der Waals surface area contributed by atoms with Gasteiger partial charge >= 0.3 is 0 Å². The molecule has 0 heterocycles. The summed E-state index contributed by atoms with van der Waals surface area (Å²) >= 11 is 0. The molecule has 0 rings (SSSR count). The first-order chi connectivity index (χ1) is 25.9. The average Bonchev–Trinajstić information content (AvgIpc) is 3.16. The molecule has 0 aromatic carbocycles. The highest BCUT2D eigenvalue weighted by Gasteiger charge is 1.98. The van der Waals surface area contributed by atoms with Gasteiger partial charge in [-0.1, -0.05) is 71.1 Å². The van der Waals surface area contributed by atoms with Crippen LogP contribution in [0.1, 0.15) is 90.4 Å². The highest BCUT2D eigenvalue weighted by atomic mass is 16.6. The van der Waals surface area contributed by atoms with Gasteiger partial charge in [-0.3, -0.25) is 0 Å². The first kappa shape index (κ1) is 51.5. The molecule has 0 saturated heterocycles. The van der Waals surface area contributed by atoms with Gasteiger partial charge < -0.3 is 61.9 Å². The number of hydrogen-bond donors (Lipinski definition) is 1. The van der Waals surface area contributed by atoms with Crippen LogP contribution < -0.4 is 0 Å². The standard InChI is InChI=1S/C39H80O13/c1-2-3-4-5-6-7-8-9-10-11-12-16-42-20-22-44-24-26-46-28-30-48-32-34-50-36-38-52-39-37-51-35-33-49-31-29-47-27-25-45-23-21-43-19-14-18-41-17-13-15-40/h40H,2-39H2,1H3. The van der Waals surface area contributed by atoms with Gasteiger partial charge in [-0.2, -0.15) is 0 Å². The Morgan fingerprint density at radius 2 is 0.404 bits per heavy atom. The molecule has 0 aliphatic carbocycles. The lowest BCUT2D eigenvalue weighted by Gasteiger charge is -2.09. The minimum atomic E-state index is 0.166. The minimum Gasteiger partial charge on any atom is -0.396 e. The van der Waals surface area contributed by atoms with Crippen molar-refractivity contribution in [1.82, 2.24) is 0 Å². The molecule has 52 heavy (non-hydrogen) atoms. The molecule has 13 nitrogen and oxygen atoms in total. The normalized spacial score (nSPS) is 11.7. The maximum absolute atomic E-state index is 8.66. The summed E-state index contributed by atoms with van der Waals surface area (Å²) in [5.74, 6) is 0. The van der Waals surface area contributed by atoms with Gasteiger partial charge in [0.05, 0.1) is 132 Å². The zero-order valence-corrected chi connectivity index (χ0v) is 33.2. The molecule has 0 amide bonds. The summed E-state index contributed by atoms with van der Waals surface area (Å²) in [6.45, 7) is 15.9. The highest BCUT2D eigenvalue weighted by Crippen LogP contribution is 2.11. The van der Waals surface area contributed by atoms with E-state index in [1.165, 1.54) is 64.2 Å². The molecule has 0 aromatic rings. The van der Waals surface area contributed by atoms with Crippen LogP contribution in [0.25, 0.3) is 0 Å². The molecule has 314 valence electrons. The van der Waals surface area contributed by atoms with Crippen LogP contribution >= 0.6 is 0 Å². The minimum absolute atomic E-state index is 0.166. The lowest BCUT2D eigenvalue weighted by Crippen LogP contribution is -2.15. The monoisotopic (exact) mass is 757 g/mol. The summed E-state index contributed by atoms with van der Waals surface area (Å²) in [5.41, 5.74) is 0. The smallest absolute Gasteiger partial charge is 0.0701 e. The van der Waals surface area contributed by atoms with Crippen molar-refractivity contribution in [3.8, 4) is 0 Å². The van der Waals surface area contributed by atoms with Gasteiger partial charge in [-0.15, -0.1) is 0 Å². The fourth-order valence-electron chi connectivity index (χ4n) is 4.70. The molecular weight excluding hydrogens is 676 g/mol. The quantitative estimate of drug-likeness (QED) is 0.0811. The Balaban J connectivity index is 3.04. The van der Waals surface area contributed by atoms with E-state index < -0.39 is 0 Å². The second kappa shape index (κ2) is 50.5. The van der Waals surface area contributed by atoms with Gasteiger partial charge in [0.15, 0.2) is 0 Å². The molecule has 0 bridgehead atoms. The van der Waals surface area contributed by atoms with E-state index in [0.29, 0.717) is 158 Å². The summed E-state index contributed by atoms with van der Waals surface area (Å²) in [5, 5.41) is 8.66. The van der Waals surface area contributed by atoms with E-state index in [1.807, 2.05) is 0 Å². The largest absolute Gasteiger partial charge is 0.396 e. The molecule has 0 aliphatic rings. The van der Waals surface area contributed by atoms with Crippen molar-refractivity contribution in [2.24, 2.45) is 0 Å². The third-order valence-corrected chi connectivity index (χ3v) is 7.64. The van der Waals surface area contributed by atoms with Crippen molar-refractivity contribution in [1.29, 1.82) is 0 Å². The summed E-state index contributed by atoms with van der Waals surface area (Å²) in [7, 11) is 0. The number of aliphatic hydroxyl groups is 1. The van der Waals surface area contributed by atoms with Crippen LogP contribution in [-0.2, 0) is 56.8 Å². The summed E-state index contributed by atoms with van der Waals surface area (Å²) in [6.07, 6.45) is 16.4. The number of aliphatic hydroxyl groups excluding tert-OH is 1. The molecule has 0 spiro atoms. The molecule has 0 unspecified atom stereocenters. The highest BCUT2D eigenvalue weighted by molar-refractivity contribution is 4.48. The zero-order valence-electron chi connectivity index (χ0n) is 33.2. The Morgan fingerprint density at radius 1 is 0.212 bits per heavy atom. The van der Waals surface area contributed by atoms with E-state index in [2.05, 4.69) is 6.92 Å². The van der Waals surface area contributed by atoms with Crippen LogP contribution in [-0.4, -0.2) is 170 Å². The predicted octanol–water partition coefficient (Wildman–Crippen LogP) is 5.27. The Bertz CT molecular complexity index is 557. The molecule has 0 atom stereocenters. The maximum atomic E-state index is 8.66. The Kier molecular flexibility index (Phi) is 50.0. The lowest BCUT2D eigenvalue weighted by molar-refractivity contribution is -0.0277. The predicted molar refractivity (Wildman–Crippen MR) is 203 cm³/mol. The van der Waals surface area contributed by atoms with E-state index in [-0.39, 0.29) is 6.61 Å². The van der Waals surface area contributed by atoms with Gasteiger partial charge in [0.2, 0.25) is 0 Å². The van der Waals surface area contributed by atoms with Crippen molar-refractivity contribution < 1.29 is 61.9 Å². The SMILES string of the molecule is CCCCCCCCCCCCCOCCOCCOCCOCCOCCOCCOCCOCCOCCOCCOCCCOCCCO. The van der Waals surface area contributed by atoms with Crippen molar-refractivity contribution in [3.63, 3.8) is 0 Å². The van der Waals surface area contributed by atoms with E-state index in [1.54, 1.807) is 0 Å².